The molecule has 1 atom stereocenters. The third-order valence-electron chi connectivity index (χ3n) is 2.61. The predicted molar refractivity (Wildman–Crippen MR) is 70.4 cm³/mol. The van der Waals surface area contributed by atoms with E-state index in [1.165, 1.54) is 5.56 Å². The molecule has 0 spiro atoms. The van der Waals surface area contributed by atoms with Gasteiger partial charge in [-0.05, 0) is 0 Å². The Kier molecular flexibility index (Phi) is 4.13. The van der Waals surface area contributed by atoms with Crippen LogP contribution in [0.5, 0.6) is 0 Å². The molecular weight excluding hydrogens is 275 g/mol. The molecule has 0 fully saturated rings. The second-order valence-corrected chi connectivity index (χ2v) is 5.10. The fourth-order valence-electron chi connectivity index (χ4n) is 1.71. The standard InChI is InChI=1S/C15H13OSe/c16-15(13-9-5-2-6-10-13)14(17)11-12-7-3-1-4-8-12/h1-10,14H,11H2. The van der Waals surface area contributed by atoms with E-state index in [0.29, 0.717) is 0 Å². The summed E-state index contributed by atoms with van der Waals surface area (Å²) in [6, 6.07) is 19.5. The van der Waals surface area contributed by atoms with Crippen LogP contribution in [0.25, 0.3) is 0 Å². The van der Waals surface area contributed by atoms with Crippen molar-refractivity contribution in [2.75, 3.05) is 0 Å². The molecule has 1 unspecified atom stereocenters. The number of Topliss-reactive ketones (excluding diaryl/α,β-unsaturated/α-hetero) is 1. The van der Waals surface area contributed by atoms with Crippen LogP contribution in [0.4, 0.5) is 0 Å². The topological polar surface area (TPSA) is 17.1 Å². The SMILES string of the molecule is O=C(c1ccccc1)C([Se])Cc1ccccc1. The first-order valence-electron chi connectivity index (χ1n) is 5.56. The first-order chi connectivity index (χ1) is 8.27. The van der Waals surface area contributed by atoms with E-state index in [2.05, 4.69) is 16.0 Å². The van der Waals surface area contributed by atoms with E-state index >= 15 is 0 Å². The first-order valence-corrected chi connectivity index (χ1v) is 6.55. The number of rotatable bonds is 4. The van der Waals surface area contributed by atoms with Crippen molar-refractivity contribution in [2.45, 2.75) is 11.2 Å². The van der Waals surface area contributed by atoms with Crippen LogP contribution in [0.3, 0.4) is 0 Å². The summed E-state index contributed by atoms with van der Waals surface area (Å²) >= 11 is 2.97. The van der Waals surface area contributed by atoms with Crippen LogP contribution in [0.15, 0.2) is 60.7 Å². The van der Waals surface area contributed by atoms with Crippen LogP contribution >= 0.6 is 0 Å². The van der Waals surface area contributed by atoms with E-state index in [4.69, 9.17) is 0 Å². The quantitative estimate of drug-likeness (QED) is 0.624. The van der Waals surface area contributed by atoms with Crippen LogP contribution in [-0.2, 0) is 6.42 Å². The molecule has 0 bridgehead atoms. The zero-order valence-electron chi connectivity index (χ0n) is 9.37. The Labute approximate surface area is 110 Å². The van der Waals surface area contributed by atoms with Gasteiger partial charge in [0.1, 0.15) is 0 Å². The predicted octanol–water partition coefficient (Wildman–Crippen LogP) is 3.07. The van der Waals surface area contributed by atoms with Crippen LogP contribution in [-0.4, -0.2) is 21.8 Å². The van der Waals surface area contributed by atoms with E-state index in [1.54, 1.807) is 0 Å². The number of carbonyl (C=O) groups excluding carboxylic acids is 1. The summed E-state index contributed by atoms with van der Waals surface area (Å²) in [7, 11) is 0. The maximum absolute atomic E-state index is 12.1. The first kappa shape index (κ1) is 12.1. The monoisotopic (exact) mass is 289 g/mol. The Hall–Kier alpha value is -1.37. The van der Waals surface area contributed by atoms with Crippen molar-refractivity contribution in [3.05, 3.63) is 71.8 Å². The minimum atomic E-state index is -0.0974. The van der Waals surface area contributed by atoms with Crippen molar-refractivity contribution in [2.24, 2.45) is 0 Å². The molecule has 2 aromatic carbocycles. The molecule has 85 valence electrons. The molecule has 0 N–H and O–H groups in total. The molecule has 17 heavy (non-hydrogen) atoms. The van der Waals surface area contributed by atoms with Gasteiger partial charge < -0.3 is 0 Å². The molecule has 0 heterocycles. The molecule has 0 aromatic heterocycles. The van der Waals surface area contributed by atoms with Crippen molar-refractivity contribution in [3.63, 3.8) is 0 Å². The van der Waals surface area contributed by atoms with Gasteiger partial charge >= 0.3 is 110 Å². The zero-order valence-corrected chi connectivity index (χ0v) is 11.1. The summed E-state index contributed by atoms with van der Waals surface area (Å²) < 4.78 is 0. The average Bonchev–Trinajstić information content (AvgIpc) is 2.40. The molecule has 0 amide bonds. The second-order valence-electron chi connectivity index (χ2n) is 3.91. The van der Waals surface area contributed by atoms with Gasteiger partial charge in [-0.2, -0.15) is 0 Å². The number of benzene rings is 2. The average molecular weight is 288 g/mol. The molecule has 0 aliphatic heterocycles. The Bertz CT molecular complexity index is 479. The van der Waals surface area contributed by atoms with E-state index in [0.717, 1.165) is 12.0 Å². The maximum atomic E-state index is 12.1. The Morgan fingerprint density at radius 2 is 1.47 bits per heavy atom. The number of hydrogen-bond acceptors (Lipinski definition) is 1. The summed E-state index contributed by atoms with van der Waals surface area (Å²) in [6.45, 7) is 0. The van der Waals surface area contributed by atoms with E-state index in [9.17, 15) is 4.79 Å². The fraction of sp³-hybridized carbons (Fsp3) is 0.133. The molecule has 0 aliphatic rings. The van der Waals surface area contributed by atoms with Gasteiger partial charge in [-0.25, -0.2) is 0 Å². The summed E-state index contributed by atoms with van der Waals surface area (Å²) in [5.74, 6) is 0.162. The van der Waals surface area contributed by atoms with Crippen molar-refractivity contribution >= 4 is 21.8 Å². The van der Waals surface area contributed by atoms with Gasteiger partial charge in [0.2, 0.25) is 0 Å². The molecule has 0 saturated carbocycles. The van der Waals surface area contributed by atoms with Gasteiger partial charge in [-0.15, -0.1) is 0 Å². The van der Waals surface area contributed by atoms with Gasteiger partial charge in [-0.1, -0.05) is 0 Å². The number of hydrogen-bond donors (Lipinski definition) is 0. The van der Waals surface area contributed by atoms with Crippen LogP contribution < -0.4 is 0 Å². The zero-order chi connectivity index (χ0) is 12.1. The third-order valence-corrected chi connectivity index (χ3v) is 3.41. The van der Waals surface area contributed by atoms with Crippen LogP contribution in [0.1, 0.15) is 15.9 Å². The summed E-state index contributed by atoms with van der Waals surface area (Å²) in [5, 5.41) is 0. The third kappa shape index (κ3) is 3.29. The molecule has 1 radical (unpaired) electrons. The number of ketones is 1. The van der Waals surface area contributed by atoms with E-state index < -0.39 is 0 Å². The Morgan fingerprint density at radius 3 is 2.06 bits per heavy atom. The molecule has 2 aromatic rings. The molecule has 1 nitrogen and oxygen atoms in total. The van der Waals surface area contributed by atoms with E-state index in [-0.39, 0.29) is 10.6 Å². The van der Waals surface area contributed by atoms with Gasteiger partial charge in [0.05, 0.1) is 0 Å². The van der Waals surface area contributed by atoms with Crippen molar-refractivity contribution < 1.29 is 4.79 Å². The minimum absolute atomic E-state index is 0.0974. The molecule has 0 saturated heterocycles. The summed E-state index contributed by atoms with van der Waals surface area (Å²) in [4.78, 5) is 12.0. The van der Waals surface area contributed by atoms with Gasteiger partial charge in [0.25, 0.3) is 0 Å². The van der Waals surface area contributed by atoms with Crippen LogP contribution in [0.2, 0.25) is 4.82 Å². The molecule has 2 rings (SSSR count). The van der Waals surface area contributed by atoms with E-state index in [1.807, 2.05) is 60.7 Å². The second kappa shape index (κ2) is 5.81. The summed E-state index contributed by atoms with van der Waals surface area (Å²) in [6.07, 6.45) is 0.745. The van der Waals surface area contributed by atoms with Gasteiger partial charge in [0, 0.05) is 0 Å². The molecule has 2 heteroatoms. The van der Waals surface area contributed by atoms with Gasteiger partial charge in [0.15, 0.2) is 0 Å². The molecule has 0 aliphatic carbocycles. The summed E-state index contributed by atoms with van der Waals surface area (Å²) in [5.41, 5.74) is 1.95. The van der Waals surface area contributed by atoms with Crippen molar-refractivity contribution in [1.29, 1.82) is 0 Å². The van der Waals surface area contributed by atoms with Gasteiger partial charge in [-0.3, -0.25) is 0 Å². The Balaban J connectivity index is 2.06. The normalized spacial score (nSPS) is 12.1. The Morgan fingerprint density at radius 1 is 0.941 bits per heavy atom. The molecular formula is C15H13OSe. The van der Waals surface area contributed by atoms with Crippen molar-refractivity contribution in [1.82, 2.24) is 0 Å². The fourth-order valence-corrected chi connectivity index (χ4v) is 2.40. The number of carbonyl (C=O) groups is 1. The van der Waals surface area contributed by atoms with Crippen molar-refractivity contribution in [3.8, 4) is 0 Å². The van der Waals surface area contributed by atoms with Crippen LogP contribution in [0, 0.1) is 0 Å².